The summed E-state index contributed by atoms with van der Waals surface area (Å²) >= 11 is 0. The third-order valence-corrected chi connectivity index (χ3v) is 3.69. The highest BCUT2D eigenvalue weighted by molar-refractivity contribution is 5.92. The minimum Gasteiger partial charge on any atom is -0.388 e. The number of carbonyl (C=O) groups excluding carboxylic acids is 1. The number of ether oxygens (including phenoxy) is 1. The molecule has 2 aliphatic rings. The Kier molecular flexibility index (Phi) is 3.36. The molecule has 2 atom stereocenters. The van der Waals surface area contributed by atoms with Crippen LogP contribution in [0.25, 0.3) is 0 Å². The standard InChI is InChI=1S/C11H12F4N4O3/c12-10(13)4-18(5-11(10,14)15)9(21)6-1-19(17-16-6)7-2-22-3-8(7)20/h1,7-8,20H,2-5H2/t7-,8-/m1/s1. The minimum absolute atomic E-state index is 0.0956. The van der Waals surface area contributed by atoms with Crippen molar-refractivity contribution in [2.75, 3.05) is 26.3 Å². The van der Waals surface area contributed by atoms with Crippen molar-refractivity contribution < 1.29 is 32.2 Å². The summed E-state index contributed by atoms with van der Waals surface area (Å²) in [4.78, 5) is 12.3. The van der Waals surface area contributed by atoms with E-state index in [2.05, 4.69) is 10.3 Å². The van der Waals surface area contributed by atoms with Crippen molar-refractivity contribution in [1.82, 2.24) is 19.9 Å². The van der Waals surface area contributed by atoms with Gasteiger partial charge in [0.1, 0.15) is 12.1 Å². The molecule has 2 aliphatic heterocycles. The van der Waals surface area contributed by atoms with E-state index in [9.17, 15) is 27.5 Å². The zero-order valence-electron chi connectivity index (χ0n) is 11.1. The predicted octanol–water partition coefficient (Wildman–Crippen LogP) is -0.0633. The Morgan fingerprint density at radius 3 is 2.45 bits per heavy atom. The van der Waals surface area contributed by atoms with Gasteiger partial charge in [-0.3, -0.25) is 4.79 Å². The molecule has 2 saturated heterocycles. The van der Waals surface area contributed by atoms with Crippen LogP contribution in [0, 0.1) is 0 Å². The molecule has 2 fully saturated rings. The number of amides is 1. The van der Waals surface area contributed by atoms with Crippen molar-refractivity contribution >= 4 is 5.91 Å². The molecule has 0 spiro atoms. The second kappa shape index (κ2) is 4.88. The van der Waals surface area contributed by atoms with Crippen molar-refractivity contribution in [3.05, 3.63) is 11.9 Å². The molecule has 1 aromatic rings. The Morgan fingerprint density at radius 2 is 1.91 bits per heavy atom. The van der Waals surface area contributed by atoms with Crippen LogP contribution in [0.5, 0.6) is 0 Å². The van der Waals surface area contributed by atoms with Crippen molar-refractivity contribution in [2.45, 2.75) is 24.0 Å². The van der Waals surface area contributed by atoms with Crippen LogP contribution in [0.2, 0.25) is 0 Å². The number of nitrogens with zero attached hydrogens (tertiary/aromatic N) is 4. The van der Waals surface area contributed by atoms with E-state index in [0.29, 0.717) is 4.90 Å². The van der Waals surface area contributed by atoms with Crippen LogP contribution < -0.4 is 0 Å². The Morgan fingerprint density at radius 1 is 1.27 bits per heavy atom. The Labute approximate surface area is 121 Å². The van der Waals surface area contributed by atoms with Gasteiger partial charge in [-0.2, -0.15) is 17.6 Å². The maximum Gasteiger partial charge on any atom is 0.329 e. The lowest BCUT2D eigenvalue weighted by Crippen LogP contribution is -2.38. The van der Waals surface area contributed by atoms with E-state index in [0.717, 1.165) is 10.9 Å². The average Bonchev–Trinajstić information content (AvgIpc) is 3.08. The summed E-state index contributed by atoms with van der Waals surface area (Å²) < 4.78 is 58.6. The number of halogens is 4. The van der Waals surface area contributed by atoms with E-state index in [1.807, 2.05) is 0 Å². The van der Waals surface area contributed by atoms with Crippen LogP contribution in [0.1, 0.15) is 16.5 Å². The maximum atomic E-state index is 13.1. The van der Waals surface area contributed by atoms with Gasteiger partial charge in [0.2, 0.25) is 0 Å². The van der Waals surface area contributed by atoms with Crippen LogP contribution in [-0.4, -0.2) is 75.2 Å². The van der Waals surface area contributed by atoms with Gasteiger partial charge in [-0.15, -0.1) is 5.10 Å². The third-order valence-electron chi connectivity index (χ3n) is 3.69. The molecular formula is C11H12F4N4O3. The first-order chi connectivity index (χ1) is 10.2. The summed E-state index contributed by atoms with van der Waals surface area (Å²) in [6.45, 7) is -2.50. The molecule has 11 heteroatoms. The van der Waals surface area contributed by atoms with E-state index < -0.39 is 43.0 Å². The van der Waals surface area contributed by atoms with Crippen LogP contribution in [0.4, 0.5) is 17.6 Å². The quantitative estimate of drug-likeness (QED) is 0.771. The van der Waals surface area contributed by atoms with Gasteiger partial charge >= 0.3 is 11.8 Å². The summed E-state index contributed by atoms with van der Waals surface area (Å²) in [5.41, 5.74) is -0.340. The summed E-state index contributed by atoms with van der Waals surface area (Å²) in [5, 5.41) is 16.8. The number of aliphatic hydroxyl groups excluding tert-OH is 1. The van der Waals surface area contributed by atoms with Crippen LogP contribution in [-0.2, 0) is 4.74 Å². The molecule has 0 bridgehead atoms. The monoisotopic (exact) mass is 324 g/mol. The highest BCUT2D eigenvalue weighted by Crippen LogP contribution is 2.41. The molecular weight excluding hydrogens is 312 g/mol. The molecule has 22 heavy (non-hydrogen) atoms. The first kappa shape index (κ1) is 15.2. The number of aliphatic hydroxyl groups is 1. The van der Waals surface area contributed by atoms with Gasteiger partial charge in [-0.1, -0.05) is 5.21 Å². The lowest BCUT2D eigenvalue weighted by Gasteiger charge is -2.14. The number of hydrogen-bond donors (Lipinski definition) is 1. The van der Waals surface area contributed by atoms with Crippen LogP contribution in [0.3, 0.4) is 0 Å². The smallest absolute Gasteiger partial charge is 0.329 e. The maximum absolute atomic E-state index is 13.1. The molecule has 1 aromatic heterocycles. The molecule has 7 nitrogen and oxygen atoms in total. The lowest BCUT2D eigenvalue weighted by atomic mass is 10.2. The normalized spacial score (nSPS) is 30.0. The summed E-state index contributed by atoms with van der Waals surface area (Å²) in [6.07, 6.45) is 0.282. The van der Waals surface area contributed by atoms with Crippen LogP contribution in [0.15, 0.2) is 6.20 Å². The zero-order valence-corrected chi connectivity index (χ0v) is 11.1. The summed E-state index contributed by atoms with van der Waals surface area (Å²) in [6, 6.07) is -0.560. The summed E-state index contributed by atoms with van der Waals surface area (Å²) in [7, 11) is 0. The number of rotatable bonds is 2. The first-order valence-corrected chi connectivity index (χ1v) is 6.44. The van der Waals surface area contributed by atoms with Crippen molar-refractivity contribution in [3.8, 4) is 0 Å². The molecule has 3 heterocycles. The largest absolute Gasteiger partial charge is 0.388 e. The van der Waals surface area contributed by atoms with Crippen LogP contribution >= 0.6 is 0 Å². The Hall–Kier alpha value is -1.75. The van der Waals surface area contributed by atoms with Gasteiger partial charge < -0.3 is 14.7 Å². The SMILES string of the molecule is O=C(c1cn([C@@H]2COC[C@H]2O)nn1)N1CC(F)(F)C(F)(F)C1. The van der Waals surface area contributed by atoms with E-state index in [1.165, 1.54) is 0 Å². The fourth-order valence-corrected chi connectivity index (χ4v) is 2.39. The Bertz CT molecular complexity index is 578. The van der Waals surface area contributed by atoms with Gasteiger partial charge in [-0.25, -0.2) is 4.68 Å². The van der Waals surface area contributed by atoms with E-state index in [4.69, 9.17) is 4.74 Å². The number of hydrogen-bond acceptors (Lipinski definition) is 5. The first-order valence-electron chi connectivity index (χ1n) is 6.44. The lowest BCUT2D eigenvalue weighted by molar-refractivity contribution is -0.172. The second-order valence-electron chi connectivity index (χ2n) is 5.33. The predicted molar refractivity (Wildman–Crippen MR) is 61.7 cm³/mol. The fraction of sp³-hybridized carbons (Fsp3) is 0.727. The van der Waals surface area contributed by atoms with Crippen molar-refractivity contribution in [1.29, 1.82) is 0 Å². The number of likely N-dealkylation sites (tertiary alicyclic amines) is 1. The number of alkyl halides is 4. The highest BCUT2D eigenvalue weighted by atomic mass is 19.3. The number of carbonyl (C=O) groups is 1. The Balaban J connectivity index is 1.75. The molecule has 0 aromatic carbocycles. The molecule has 0 unspecified atom stereocenters. The van der Waals surface area contributed by atoms with Gasteiger partial charge in [-0.05, 0) is 0 Å². The molecule has 0 radical (unpaired) electrons. The van der Waals surface area contributed by atoms with E-state index >= 15 is 0 Å². The van der Waals surface area contributed by atoms with Gasteiger partial charge in [0.25, 0.3) is 5.91 Å². The zero-order chi connectivity index (χ0) is 16.1. The molecule has 0 aliphatic carbocycles. The van der Waals surface area contributed by atoms with Crippen molar-refractivity contribution in [3.63, 3.8) is 0 Å². The fourth-order valence-electron chi connectivity index (χ4n) is 2.39. The van der Waals surface area contributed by atoms with E-state index in [1.54, 1.807) is 0 Å². The average molecular weight is 324 g/mol. The molecule has 0 saturated carbocycles. The topological polar surface area (TPSA) is 80.5 Å². The molecule has 3 rings (SSSR count). The van der Waals surface area contributed by atoms with Crippen molar-refractivity contribution in [2.24, 2.45) is 0 Å². The van der Waals surface area contributed by atoms with Gasteiger partial charge in [0.15, 0.2) is 5.69 Å². The minimum atomic E-state index is -4.27. The molecule has 1 N–H and O–H groups in total. The molecule has 1 amide bonds. The van der Waals surface area contributed by atoms with E-state index in [-0.39, 0.29) is 18.9 Å². The molecule has 122 valence electrons. The van der Waals surface area contributed by atoms with Gasteiger partial charge in [0.05, 0.1) is 32.5 Å². The summed E-state index contributed by atoms with van der Waals surface area (Å²) in [5.74, 6) is -9.60. The number of aromatic nitrogens is 3. The third kappa shape index (κ3) is 2.33. The second-order valence-corrected chi connectivity index (χ2v) is 5.33. The van der Waals surface area contributed by atoms with Gasteiger partial charge in [0, 0.05) is 0 Å². The highest BCUT2D eigenvalue weighted by Gasteiger charge is 2.64.